The van der Waals surface area contributed by atoms with Gasteiger partial charge in [-0.25, -0.2) is 0 Å². The minimum Gasteiger partial charge on any atom is -0.315 e. The second kappa shape index (κ2) is 3.75. The van der Waals surface area contributed by atoms with Gasteiger partial charge >= 0.3 is 0 Å². The zero-order chi connectivity index (χ0) is 9.19. The van der Waals surface area contributed by atoms with Crippen molar-refractivity contribution < 1.29 is 0 Å². The molecule has 0 aliphatic carbocycles. The smallest absolute Gasteiger partial charge is 0.0305 e. The molecule has 1 saturated heterocycles. The van der Waals surface area contributed by atoms with E-state index >= 15 is 0 Å². The number of hydrogen-bond acceptors (Lipinski definition) is 2. The van der Waals surface area contributed by atoms with E-state index in [2.05, 4.69) is 38.0 Å². The highest BCUT2D eigenvalue weighted by atomic mass is 15.2. The minimum absolute atomic E-state index is 0.381. The third-order valence-corrected chi connectivity index (χ3v) is 3.20. The highest BCUT2D eigenvalue weighted by Gasteiger charge is 2.31. The molecule has 0 spiro atoms. The third kappa shape index (κ3) is 1.99. The molecule has 1 unspecified atom stereocenters. The van der Waals surface area contributed by atoms with Crippen molar-refractivity contribution in [3.05, 3.63) is 0 Å². The first-order chi connectivity index (χ1) is 5.56. The molecule has 1 atom stereocenters. The van der Waals surface area contributed by atoms with Crippen LogP contribution in [0.3, 0.4) is 0 Å². The van der Waals surface area contributed by atoms with Gasteiger partial charge in [-0.2, -0.15) is 0 Å². The van der Waals surface area contributed by atoms with Crippen LogP contribution in [-0.2, 0) is 0 Å². The lowest BCUT2D eigenvalue weighted by Gasteiger charge is -2.44. The molecule has 1 aliphatic rings. The van der Waals surface area contributed by atoms with Crippen molar-refractivity contribution >= 4 is 0 Å². The van der Waals surface area contributed by atoms with Crippen molar-refractivity contribution in [2.45, 2.75) is 45.2 Å². The van der Waals surface area contributed by atoms with Gasteiger partial charge in [0.05, 0.1) is 0 Å². The van der Waals surface area contributed by atoms with Crippen LogP contribution in [0.2, 0.25) is 0 Å². The highest BCUT2D eigenvalue weighted by molar-refractivity contribution is 4.91. The Morgan fingerprint density at radius 3 is 2.50 bits per heavy atom. The van der Waals surface area contributed by atoms with Crippen molar-refractivity contribution in [3.63, 3.8) is 0 Å². The summed E-state index contributed by atoms with van der Waals surface area (Å²) in [6.45, 7) is 9.22. The number of rotatable bonds is 2. The number of piperidine rings is 1. The molecule has 0 saturated carbocycles. The lowest BCUT2D eigenvalue weighted by molar-refractivity contribution is 0.0763. The number of hydrogen-bond donors (Lipinski definition) is 1. The molecule has 0 bridgehead atoms. The van der Waals surface area contributed by atoms with Gasteiger partial charge in [-0.15, -0.1) is 0 Å². The molecule has 1 heterocycles. The van der Waals surface area contributed by atoms with E-state index in [0.717, 1.165) is 6.54 Å². The molecule has 0 amide bonds. The van der Waals surface area contributed by atoms with Gasteiger partial charge in [-0.3, -0.25) is 4.90 Å². The zero-order valence-electron chi connectivity index (χ0n) is 8.85. The molecule has 0 aromatic rings. The molecule has 1 aliphatic heterocycles. The molecule has 0 aromatic carbocycles. The van der Waals surface area contributed by atoms with Gasteiger partial charge in [0, 0.05) is 18.1 Å². The maximum Gasteiger partial charge on any atom is 0.0305 e. The van der Waals surface area contributed by atoms with Gasteiger partial charge in [0.1, 0.15) is 0 Å². The van der Waals surface area contributed by atoms with E-state index in [0.29, 0.717) is 11.6 Å². The first-order valence-electron chi connectivity index (χ1n) is 5.00. The average molecular weight is 170 g/mol. The van der Waals surface area contributed by atoms with Crippen molar-refractivity contribution in [2.75, 3.05) is 20.1 Å². The molecule has 1 N–H and O–H groups in total. The van der Waals surface area contributed by atoms with Crippen LogP contribution in [0.25, 0.3) is 0 Å². The van der Waals surface area contributed by atoms with E-state index in [9.17, 15) is 0 Å². The van der Waals surface area contributed by atoms with Crippen LogP contribution in [-0.4, -0.2) is 36.6 Å². The van der Waals surface area contributed by atoms with Gasteiger partial charge in [-0.05, 0) is 47.2 Å². The van der Waals surface area contributed by atoms with E-state index in [1.807, 2.05) is 0 Å². The predicted molar refractivity (Wildman–Crippen MR) is 53.4 cm³/mol. The Morgan fingerprint density at radius 2 is 2.08 bits per heavy atom. The predicted octanol–water partition coefficient (Wildman–Crippen LogP) is 1.47. The largest absolute Gasteiger partial charge is 0.315 e. The lowest BCUT2D eigenvalue weighted by Crippen LogP contribution is -2.56. The molecule has 2 nitrogen and oxygen atoms in total. The van der Waals surface area contributed by atoms with Gasteiger partial charge in [0.25, 0.3) is 0 Å². The minimum atomic E-state index is 0.381. The second-order valence-corrected chi connectivity index (χ2v) is 4.48. The maximum absolute atomic E-state index is 3.47. The topological polar surface area (TPSA) is 15.3 Å². The summed E-state index contributed by atoms with van der Waals surface area (Å²) in [7, 11) is 2.23. The van der Waals surface area contributed by atoms with Crippen LogP contribution in [0.4, 0.5) is 0 Å². The van der Waals surface area contributed by atoms with E-state index in [-0.39, 0.29) is 0 Å². The molecule has 1 rings (SSSR count). The summed E-state index contributed by atoms with van der Waals surface area (Å²) in [5.74, 6) is 0. The number of nitrogens with one attached hydrogen (secondary N) is 1. The maximum atomic E-state index is 3.47. The summed E-state index contributed by atoms with van der Waals surface area (Å²) >= 11 is 0. The molecule has 0 radical (unpaired) electrons. The monoisotopic (exact) mass is 170 g/mol. The average Bonchev–Trinajstić information content (AvgIpc) is 2.04. The van der Waals surface area contributed by atoms with Crippen molar-refractivity contribution in [1.29, 1.82) is 0 Å². The molecular formula is C10H22N2. The van der Waals surface area contributed by atoms with Crippen LogP contribution < -0.4 is 5.32 Å². The number of nitrogens with zero attached hydrogens (tertiary/aromatic N) is 1. The Balaban J connectivity index is 2.56. The Bertz CT molecular complexity index is 137. The SMILES string of the molecule is CC(C)N(C)C1(C)CCCNC1. The Morgan fingerprint density at radius 1 is 1.42 bits per heavy atom. The first-order valence-corrected chi connectivity index (χ1v) is 5.00. The first kappa shape index (κ1) is 10.0. The van der Waals surface area contributed by atoms with Gasteiger partial charge < -0.3 is 5.32 Å². The van der Waals surface area contributed by atoms with Gasteiger partial charge in [0.2, 0.25) is 0 Å². The fraction of sp³-hybridized carbons (Fsp3) is 1.00. The molecule has 2 heteroatoms. The Labute approximate surface area is 76.3 Å². The lowest BCUT2D eigenvalue weighted by atomic mass is 9.90. The van der Waals surface area contributed by atoms with Crippen LogP contribution in [0, 0.1) is 0 Å². The van der Waals surface area contributed by atoms with Gasteiger partial charge in [-0.1, -0.05) is 0 Å². The van der Waals surface area contributed by atoms with Crippen LogP contribution in [0.5, 0.6) is 0 Å². The molecule has 0 aromatic heterocycles. The quantitative estimate of drug-likeness (QED) is 0.675. The van der Waals surface area contributed by atoms with Crippen molar-refractivity contribution in [1.82, 2.24) is 10.2 Å². The molecule has 1 fully saturated rings. The fourth-order valence-corrected chi connectivity index (χ4v) is 1.96. The molecule has 12 heavy (non-hydrogen) atoms. The van der Waals surface area contributed by atoms with E-state index < -0.39 is 0 Å². The summed E-state index contributed by atoms with van der Waals surface area (Å²) in [5.41, 5.74) is 0.381. The van der Waals surface area contributed by atoms with Gasteiger partial charge in [0.15, 0.2) is 0 Å². The van der Waals surface area contributed by atoms with Crippen LogP contribution in [0.1, 0.15) is 33.6 Å². The highest BCUT2D eigenvalue weighted by Crippen LogP contribution is 2.23. The summed E-state index contributed by atoms with van der Waals surface area (Å²) in [5, 5.41) is 3.47. The van der Waals surface area contributed by atoms with Crippen molar-refractivity contribution in [2.24, 2.45) is 0 Å². The summed E-state index contributed by atoms with van der Waals surface area (Å²) in [6, 6.07) is 0.648. The summed E-state index contributed by atoms with van der Waals surface area (Å²) in [4.78, 5) is 2.49. The number of likely N-dealkylation sites (N-methyl/N-ethyl adjacent to an activating group) is 1. The van der Waals surface area contributed by atoms with E-state index in [4.69, 9.17) is 0 Å². The van der Waals surface area contributed by atoms with E-state index in [1.165, 1.54) is 19.4 Å². The summed E-state index contributed by atoms with van der Waals surface area (Å²) < 4.78 is 0. The van der Waals surface area contributed by atoms with E-state index in [1.54, 1.807) is 0 Å². The molecule has 72 valence electrons. The van der Waals surface area contributed by atoms with Crippen molar-refractivity contribution in [3.8, 4) is 0 Å². The normalized spacial score (nSPS) is 31.5. The zero-order valence-corrected chi connectivity index (χ0v) is 8.85. The second-order valence-electron chi connectivity index (χ2n) is 4.48. The molecular weight excluding hydrogens is 148 g/mol. The van der Waals surface area contributed by atoms with Crippen LogP contribution in [0.15, 0.2) is 0 Å². The Kier molecular flexibility index (Phi) is 3.13. The Hall–Kier alpha value is -0.0800. The summed E-state index contributed by atoms with van der Waals surface area (Å²) in [6.07, 6.45) is 2.64. The third-order valence-electron chi connectivity index (χ3n) is 3.20. The fourth-order valence-electron chi connectivity index (χ4n) is 1.96. The van der Waals surface area contributed by atoms with Crippen LogP contribution >= 0.6 is 0 Å². The standard InChI is InChI=1S/C10H22N2/c1-9(2)12(4)10(3)6-5-7-11-8-10/h9,11H,5-8H2,1-4H3.